The molecule has 0 radical (unpaired) electrons. The largest absolute Gasteiger partial charge is 0.481 e. The van der Waals surface area contributed by atoms with Crippen molar-refractivity contribution in [3.05, 3.63) is 11.4 Å². The van der Waals surface area contributed by atoms with Crippen LogP contribution in [0.3, 0.4) is 0 Å². The monoisotopic (exact) mass is 319 g/mol. The van der Waals surface area contributed by atoms with Crippen molar-refractivity contribution in [1.82, 2.24) is 14.9 Å². The molecule has 0 aliphatic carbocycles. The lowest BCUT2D eigenvalue weighted by atomic mass is 10.1. The maximum Gasteiger partial charge on any atom is 0.321 e. The predicted molar refractivity (Wildman–Crippen MR) is 71.3 cm³/mol. The molecule has 118 valence electrons. The van der Waals surface area contributed by atoms with Gasteiger partial charge >= 0.3 is 11.9 Å². The molecular weight excluding hydrogens is 302 g/mol. The van der Waals surface area contributed by atoms with Crippen LogP contribution in [-0.2, 0) is 19.6 Å². The zero-order valence-corrected chi connectivity index (χ0v) is 12.4. The van der Waals surface area contributed by atoms with Crippen LogP contribution in [0.5, 0.6) is 0 Å². The van der Waals surface area contributed by atoms with Crippen molar-refractivity contribution < 1.29 is 28.2 Å². The van der Waals surface area contributed by atoms with Crippen molar-refractivity contribution in [2.45, 2.75) is 44.0 Å². The third-order valence-electron chi connectivity index (χ3n) is 2.81. The van der Waals surface area contributed by atoms with Crippen LogP contribution in [0.15, 0.2) is 4.90 Å². The fourth-order valence-corrected chi connectivity index (χ4v) is 3.47. The van der Waals surface area contributed by atoms with Crippen LogP contribution < -0.4 is 4.72 Å². The number of hydrogen-bond donors (Lipinski definition) is 4. The number of aryl methyl sites for hydroxylation is 2. The minimum atomic E-state index is -4.05. The van der Waals surface area contributed by atoms with Gasteiger partial charge in [0.1, 0.15) is 10.9 Å². The number of aliphatic carboxylic acids is 2. The highest BCUT2D eigenvalue weighted by Gasteiger charge is 2.28. The maximum atomic E-state index is 12.2. The summed E-state index contributed by atoms with van der Waals surface area (Å²) in [5, 5.41) is 23.8. The minimum absolute atomic E-state index is 0.0537. The number of rotatable bonds is 8. The zero-order valence-electron chi connectivity index (χ0n) is 11.6. The van der Waals surface area contributed by atoms with Crippen molar-refractivity contribution in [3.63, 3.8) is 0 Å². The average molecular weight is 319 g/mol. The molecule has 9 nitrogen and oxygen atoms in total. The number of aromatic amines is 1. The second-order valence-electron chi connectivity index (χ2n) is 4.56. The Bertz CT molecular complexity index is 617. The van der Waals surface area contributed by atoms with Gasteiger partial charge < -0.3 is 10.2 Å². The molecule has 0 bridgehead atoms. The summed E-state index contributed by atoms with van der Waals surface area (Å²) < 4.78 is 26.5. The number of carboxylic acid groups (broad SMARTS) is 2. The maximum absolute atomic E-state index is 12.2. The van der Waals surface area contributed by atoms with Crippen LogP contribution >= 0.6 is 0 Å². The van der Waals surface area contributed by atoms with E-state index in [0.717, 1.165) is 0 Å². The summed E-state index contributed by atoms with van der Waals surface area (Å²) in [7, 11) is -4.05. The molecule has 0 saturated heterocycles. The van der Waals surface area contributed by atoms with Gasteiger partial charge in [0.25, 0.3) is 0 Å². The molecule has 4 N–H and O–H groups in total. The Morgan fingerprint density at radius 1 is 1.33 bits per heavy atom. The summed E-state index contributed by atoms with van der Waals surface area (Å²) >= 11 is 0. The summed E-state index contributed by atoms with van der Waals surface area (Å²) in [5.74, 6) is -2.42. The molecule has 0 spiro atoms. The third kappa shape index (κ3) is 4.53. The van der Waals surface area contributed by atoms with E-state index in [0.29, 0.717) is 5.69 Å². The normalized spacial score (nSPS) is 13.0. The average Bonchev–Trinajstić information content (AvgIpc) is 2.67. The van der Waals surface area contributed by atoms with Crippen molar-refractivity contribution in [3.8, 4) is 0 Å². The summed E-state index contributed by atoms with van der Waals surface area (Å²) in [6.45, 7) is 2.99. The van der Waals surface area contributed by atoms with Gasteiger partial charge in [0, 0.05) is 6.42 Å². The predicted octanol–water partition coefficient (Wildman–Crippen LogP) is 0.0129. The standard InChI is InChI=1S/C11H17N3O6S/c1-6-10(7(2)13-12-6)21(19,20)14-8(11(17)18)4-3-5-9(15)16/h8,14H,3-5H2,1-2H3,(H,12,13)(H,15,16)(H,17,18)/t8-/m1/s1. The van der Waals surface area contributed by atoms with Gasteiger partial charge in [-0.2, -0.15) is 9.82 Å². The summed E-state index contributed by atoms with van der Waals surface area (Å²) in [4.78, 5) is 21.4. The second-order valence-corrected chi connectivity index (χ2v) is 6.21. The number of H-pyrrole nitrogens is 1. The fourth-order valence-electron chi connectivity index (χ4n) is 1.87. The Labute approximate surface area is 121 Å². The van der Waals surface area contributed by atoms with Crippen molar-refractivity contribution in [2.75, 3.05) is 0 Å². The third-order valence-corrected chi connectivity index (χ3v) is 4.54. The van der Waals surface area contributed by atoms with Crippen LogP contribution in [0.4, 0.5) is 0 Å². The second kappa shape index (κ2) is 6.68. The van der Waals surface area contributed by atoms with E-state index >= 15 is 0 Å². The van der Waals surface area contributed by atoms with Crippen molar-refractivity contribution in [2.24, 2.45) is 0 Å². The first kappa shape index (κ1) is 17.1. The molecule has 1 aromatic rings. The highest BCUT2D eigenvalue weighted by atomic mass is 32.2. The van der Waals surface area contributed by atoms with Crippen LogP contribution in [0.25, 0.3) is 0 Å². The molecule has 1 rings (SSSR count). The van der Waals surface area contributed by atoms with Gasteiger partial charge in [-0.25, -0.2) is 8.42 Å². The molecule has 1 aromatic heterocycles. The van der Waals surface area contributed by atoms with Gasteiger partial charge in [0.15, 0.2) is 0 Å². The number of aromatic nitrogens is 2. The van der Waals surface area contributed by atoms with E-state index in [9.17, 15) is 18.0 Å². The van der Waals surface area contributed by atoms with Crippen molar-refractivity contribution >= 4 is 22.0 Å². The Morgan fingerprint density at radius 3 is 2.38 bits per heavy atom. The molecule has 0 aliphatic heterocycles. The molecule has 1 atom stereocenters. The van der Waals surface area contributed by atoms with Gasteiger partial charge in [-0.3, -0.25) is 14.7 Å². The molecule has 1 heterocycles. The highest BCUT2D eigenvalue weighted by molar-refractivity contribution is 7.89. The SMILES string of the molecule is Cc1n[nH]c(C)c1S(=O)(=O)N[C@H](CCCC(=O)O)C(=O)O. The van der Waals surface area contributed by atoms with Crippen LogP contribution in [0.2, 0.25) is 0 Å². The molecule has 0 fully saturated rings. The van der Waals surface area contributed by atoms with Gasteiger partial charge in [-0.15, -0.1) is 0 Å². The van der Waals surface area contributed by atoms with Crippen molar-refractivity contribution in [1.29, 1.82) is 0 Å². The molecule has 10 heteroatoms. The number of carbonyl (C=O) groups is 2. The first-order valence-corrected chi connectivity index (χ1v) is 7.62. The van der Waals surface area contributed by atoms with E-state index in [1.807, 2.05) is 0 Å². The number of nitrogens with zero attached hydrogens (tertiary/aromatic N) is 1. The molecular formula is C11H17N3O6S. The molecule has 0 unspecified atom stereocenters. The first-order chi connectivity index (χ1) is 9.65. The zero-order chi connectivity index (χ0) is 16.2. The van der Waals surface area contributed by atoms with E-state index in [-0.39, 0.29) is 29.9 Å². The Balaban J connectivity index is 2.88. The molecule has 21 heavy (non-hydrogen) atoms. The van der Waals surface area contributed by atoms with E-state index in [1.165, 1.54) is 13.8 Å². The molecule has 0 saturated carbocycles. The first-order valence-electron chi connectivity index (χ1n) is 6.13. The number of hydrogen-bond acceptors (Lipinski definition) is 5. The van der Waals surface area contributed by atoms with Gasteiger partial charge in [-0.05, 0) is 26.7 Å². The Hall–Kier alpha value is -1.94. The highest BCUT2D eigenvalue weighted by Crippen LogP contribution is 2.17. The van der Waals surface area contributed by atoms with Gasteiger partial charge in [0.05, 0.1) is 11.4 Å². The number of carboxylic acids is 2. The van der Waals surface area contributed by atoms with E-state index in [2.05, 4.69) is 14.9 Å². The van der Waals surface area contributed by atoms with E-state index < -0.39 is 28.0 Å². The number of nitrogens with one attached hydrogen (secondary N) is 2. The summed E-state index contributed by atoms with van der Waals surface area (Å²) in [6.07, 6.45) is -0.287. The lowest BCUT2D eigenvalue weighted by molar-refractivity contribution is -0.140. The number of sulfonamides is 1. The Morgan fingerprint density at radius 2 is 1.95 bits per heavy atom. The molecule has 0 aliphatic rings. The quantitative estimate of drug-likeness (QED) is 0.527. The lowest BCUT2D eigenvalue weighted by Crippen LogP contribution is -2.41. The van der Waals surface area contributed by atoms with E-state index in [4.69, 9.17) is 10.2 Å². The van der Waals surface area contributed by atoms with Gasteiger partial charge in [-0.1, -0.05) is 0 Å². The molecule has 0 aromatic carbocycles. The van der Waals surface area contributed by atoms with Crippen LogP contribution in [0.1, 0.15) is 30.7 Å². The van der Waals surface area contributed by atoms with Crippen LogP contribution in [0, 0.1) is 13.8 Å². The smallest absolute Gasteiger partial charge is 0.321 e. The fraction of sp³-hybridized carbons (Fsp3) is 0.545. The minimum Gasteiger partial charge on any atom is -0.481 e. The molecule has 0 amide bonds. The van der Waals surface area contributed by atoms with Gasteiger partial charge in [0.2, 0.25) is 10.0 Å². The Kier molecular flexibility index (Phi) is 5.44. The van der Waals surface area contributed by atoms with Crippen LogP contribution in [-0.4, -0.2) is 46.8 Å². The topological polar surface area (TPSA) is 149 Å². The van der Waals surface area contributed by atoms with E-state index in [1.54, 1.807) is 0 Å². The lowest BCUT2D eigenvalue weighted by Gasteiger charge is -2.14. The summed E-state index contributed by atoms with van der Waals surface area (Å²) in [6, 6.07) is -1.39. The summed E-state index contributed by atoms with van der Waals surface area (Å²) in [5.41, 5.74) is 0.532.